The second-order valence-electron chi connectivity index (χ2n) is 6.61. The Hall–Kier alpha value is -2.01. The summed E-state index contributed by atoms with van der Waals surface area (Å²) in [6.07, 6.45) is 3.26. The zero-order valence-electron chi connectivity index (χ0n) is 13.7. The summed E-state index contributed by atoms with van der Waals surface area (Å²) < 4.78 is 11.6. The van der Waals surface area contributed by atoms with Crippen molar-refractivity contribution in [2.45, 2.75) is 32.3 Å². The number of benzene rings is 1. The van der Waals surface area contributed by atoms with Gasteiger partial charge in [-0.25, -0.2) is 0 Å². The molecular formula is C19H21NO3S. The van der Waals surface area contributed by atoms with E-state index in [1.807, 2.05) is 24.3 Å². The molecule has 4 rings (SSSR count). The van der Waals surface area contributed by atoms with Crippen LogP contribution in [0.1, 0.15) is 33.5 Å². The van der Waals surface area contributed by atoms with E-state index in [-0.39, 0.29) is 12.0 Å². The third kappa shape index (κ3) is 3.13. The Morgan fingerprint density at radius 3 is 3.04 bits per heavy atom. The maximum atomic E-state index is 12.4. The molecule has 0 radical (unpaired) electrons. The van der Waals surface area contributed by atoms with Crippen LogP contribution >= 0.6 is 11.3 Å². The molecule has 2 heterocycles. The molecule has 126 valence electrons. The lowest BCUT2D eigenvalue weighted by molar-refractivity contribution is 0.0791. The molecule has 1 aliphatic heterocycles. The molecule has 2 aliphatic rings. The van der Waals surface area contributed by atoms with Crippen LogP contribution < -0.4 is 14.8 Å². The van der Waals surface area contributed by atoms with Gasteiger partial charge in [0.15, 0.2) is 11.5 Å². The number of ether oxygens (including phenoxy) is 2. The quantitative estimate of drug-likeness (QED) is 0.929. The molecule has 0 saturated heterocycles. The van der Waals surface area contributed by atoms with E-state index in [4.69, 9.17) is 9.47 Å². The summed E-state index contributed by atoms with van der Waals surface area (Å²) in [7, 11) is 0. The molecule has 0 fully saturated rings. The second kappa shape index (κ2) is 6.48. The molecule has 0 spiro atoms. The number of hydrogen-bond donors (Lipinski definition) is 1. The van der Waals surface area contributed by atoms with Crippen LogP contribution in [0.5, 0.6) is 11.5 Å². The molecular weight excluding hydrogens is 322 g/mol. The number of para-hydroxylation sites is 2. The zero-order chi connectivity index (χ0) is 16.5. The molecule has 1 amide bonds. The van der Waals surface area contributed by atoms with Crippen molar-refractivity contribution in [3.63, 3.8) is 0 Å². The van der Waals surface area contributed by atoms with Crippen LogP contribution in [0.2, 0.25) is 0 Å². The van der Waals surface area contributed by atoms with E-state index in [1.165, 1.54) is 16.9 Å². The Kier molecular flexibility index (Phi) is 4.19. The topological polar surface area (TPSA) is 47.6 Å². The number of amides is 1. The van der Waals surface area contributed by atoms with Gasteiger partial charge in [-0.3, -0.25) is 4.79 Å². The highest BCUT2D eigenvalue weighted by Gasteiger charge is 2.23. The molecule has 1 aromatic carbocycles. The second-order valence-corrected chi connectivity index (χ2v) is 7.75. The minimum atomic E-state index is -0.154. The van der Waals surface area contributed by atoms with Crippen LogP contribution in [0, 0.1) is 5.92 Å². The van der Waals surface area contributed by atoms with E-state index in [1.54, 1.807) is 11.3 Å². The predicted molar refractivity (Wildman–Crippen MR) is 94.2 cm³/mol. The van der Waals surface area contributed by atoms with Gasteiger partial charge < -0.3 is 14.8 Å². The smallest absolute Gasteiger partial charge is 0.261 e. The summed E-state index contributed by atoms with van der Waals surface area (Å²) in [5.74, 6) is 2.21. The minimum absolute atomic E-state index is 0.00971. The highest BCUT2D eigenvalue weighted by molar-refractivity contribution is 7.14. The number of carbonyl (C=O) groups excluding carboxylic acids is 1. The van der Waals surface area contributed by atoms with Crippen molar-refractivity contribution in [2.24, 2.45) is 5.92 Å². The van der Waals surface area contributed by atoms with Gasteiger partial charge in [0.25, 0.3) is 5.91 Å². The van der Waals surface area contributed by atoms with E-state index in [9.17, 15) is 4.79 Å². The average Bonchev–Trinajstić information content (AvgIpc) is 3.02. The van der Waals surface area contributed by atoms with Crippen LogP contribution in [-0.2, 0) is 12.8 Å². The first-order valence-electron chi connectivity index (χ1n) is 8.47. The molecule has 0 saturated carbocycles. The van der Waals surface area contributed by atoms with Gasteiger partial charge in [0.05, 0.1) is 11.4 Å². The van der Waals surface area contributed by atoms with Crippen molar-refractivity contribution in [1.29, 1.82) is 0 Å². The highest BCUT2D eigenvalue weighted by atomic mass is 32.1. The summed E-state index contributed by atoms with van der Waals surface area (Å²) in [4.78, 5) is 14.6. The third-order valence-corrected chi connectivity index (χ3v) is 5.85. The molecule has 1 N–H and O–H groups in total. The van der Waals surface area contributed by atoms with Crippen LogP contribution in [0.3, 0.4) is 0 Å². The SMILES string of the molecule is C[C@H]1CCc2sc(C(=O)NC[C@H]3COc4ccccc4O3)cc2C1. The van der Waals surface area contributed by atoms with Gasteiger partial charge in [0.2, 0.25) is 0 Å². The summed E-state index contributed by atoms with van der Waals surface area (Å²) in [6.45, 7) is 3.18. The standard InChI is InChI=1S/C19H21NO3S/c1-12-6-7-17-13(8-12)9-18(24-17)19(21)20-10-14-11-22-15-4-2-3-5-16(15)23-14/h2-5,9,12,14H,6-8,10-11H2,1H3,(H,20,21)/t12-,14-/m0/s1. The number of fused-ring (bicyclic) bond motifs is 2. The first-order valence-corrected chi connectivity index (χ1v) is 9.29. The van der Waals surface area contributed by atoms with Gasteiger partial charge >= 0.3 is 0 Å². The van der Waals surface area contributed by atoms with Gasteiger partial charge in [-0.1, -0.05) is 19.1 Å². The fourth-order valence-electron chi connectivity index (χ4n) is 3.28. The molecule has 0 bridgehead atoms. The van der Waals surface area contributed by atoms with Crippen molar-refractivity contribution in [2.75, 3.05) is 13.2 Å². The van der Waals surface area contributed by atoms with Gasteiger partial charge in [-0.2, -0.15) is 0 Å². The maximum Gasteiger partial charge on any atom is 0.261 e. The van der Waals surface area contributed by atoms with E-state index in [0.29, 0.717) is 13.2 Å². The van der Waals surface area contributed by atoms with Crippen LogP contribution in [0.25, 0.3) is 0 Å². The van der Waals surface area contributed by atoms with Crippen LogP contribution in [0.4, 0.5) is 0 Å². The Balaban J connectivity index is 1.36. The molecule has 4 nitrogen and oxygen atoms in total. The molecule has 24 heavy (non-hydrogen) atoms. The summed E-state index contributed by atoms with van der Waals surface area (Å²) in [6, 6.07) is 9.68. The van der Waals surface area contributed by atoms with Gasteiger partial charge in [0, 0.05) is 4.88 Å². The van der Waals surface area contributed by atoms with Gasteiger partial charge in [0.1, 0.15) is 12.7 Å². The molecule has 0 unspecified atom stereocenters. The van der Waals surface area contributed by atoms with Crippen LogP contribution in [-0.4, -0.2) is 25.2 Å². The Morgan fingerprint density at radius 2 is 2.17 bits per heavy atom. The minimum Gasteiger partial charge on any atom is -0.486 e. The van der Waals surface area contributed by atoms with Crippen molar-refractivity contribution >= 4 is 17.2 Å². The lowest BCUT2D eigenvalue weighted by Gasteiger charge is -2.26. The zero-order valence-corrected chi connectivity index (χ0v) is 14.5. The predicted octanol–water partition coefficient (Wildman–Crippen LogP) is 3.44. The van der Waals surface area contributed by atoms with E-state index < -0.39 is 0 Å². The summed E-state index contributed by atoms with van der Waals surface area (Å²) in [5, 5.41) is 2.99. The van der Waals surface area contributed by atoms with E-state index >= 15 is 0 Å². The fourth-order valence-corrected chi connectivity index (χ4v) is 4.40. The van der Waals surface area contributed by atoms with Crippen molar-refractivity contribution < 1.29 is 14.3 Å². The molecule has 2 atom stereocenters. The monoisotopic (exact) mass is 343 g/mol. The lowest BCUT2D eigenvalue weighted by atomic mass is 9.90. The first kappa shape index (κ1) is 15.5. The van der Waals surface area contributed by atoms with Crippen molar-refractivity contribution in [3.05, 3.63) is 45.6 Å². The number of carbonyl (C=O) groups is 1. The van der Waals surface area contributed by atoms with Gasteiger partial charge in [-0.05, 0) is 48.9 Å². The molecule has 2 aromatic rings. The van der Waals surface area contributed by atoms with E-state index in [2.05, 4.69) is 18.3 Å². The average molecular weight is 343 g/mol. The summed E-state index contributed by atoms with van der Waals surface area (Å²) in [5.41, 5.74) is 1.36. The van der Waals surface area contributed by atoms with Crippen molar-refractivity contribution in [3.8, 4) is 11.5 Å². The Morgan fingerprint density at radius 1 is 1.33 bits per heavy atom. The number of nitrogens with one attached hydrogen (secondary N) is 1. The number of rotatable bonds is 3. The number of aryl methyl sites for hydroxylation is 1. The molecule has 1 aromatic heterocycles. The molecule has 5 heteroatoms. The largest absolute Gasteiger partial charge is 0.486 e. The highest BCUT2D eigenvalue weighted by Crippen LogP contribution is 2.32. The Labute approximate surface area is 145 Å². The van der Waals surface area contributed by atoms with Gasteiger partial charge in [-0.15, -0.1) is 11.3 Å². The first-order chi connectivity index (χ1) is 11.7. The maximum absolute atomic E-state index is 12.4. The van der Waals surface area contributed by atoms with Crippen molar-refractivity contribution in [1.82, 2.24) is 5.32 Å². The normalized spacial score (nSPS) is 21.9. The number of thiophene rings is 1. The summed E-state index contributed by atoms with van der Waals surface area (Å²) >= 11 is 1.64. The molecule has 1 aliphatic carbocycles. The number of hydrogen-bond acceptors (Lipinski definition) is 4. The lowest BCUT2D eigenvalue weighted by Crippen LogP contribution is -2.40. The Bertz CT molecular complexity index is 755. The fraction of sp³-hybridized carbons (Fsp3) is 0.421. The van der Waals surface area contributed by atoms with E-state index in [0.717, 1.165) is 35.1 Å². The third-order valence-electron chi connectivity index (χ3n) is 4.61. The van der Waals surface area contributed by atoms with Crippen LogP contribution in [0.15, 0.2) is 30.3 Å².